The molecule has 1 aliphatic heterocycles. The van der Waals surface area contributed by atoms with Crippen molar-refractivity contribution in [3.63, 3.8) is 0 Å². The van der Waals surface area contributed by atoms with E-state index in [4.69, 9.17) is 14.2 Å². The summed E-state index contributed by atoms with van der Waals surface area (Å²) in [6.45, 7) is 0.953. The molecule has 0 amide bonds. The van der Waals surface area contributed by atoms with Crippen molar-refractivity contribution in [3.05, 3.63) is 59.4 Å². The van der Waals surface area contributed by atoms with Crippen LogP contribution in [-0.4, -0.2) is 52.1 Å². The first-order chi connectivity index (χ1) is 13.9. The number of hydrogen-bond acceptors (Lipinski definition) is 6. The van der Waals surface area contributed by atoms with Crippen molar-refractivity contribution >= 4 is 16.0 Å². The molecule has 29 heavy (non-hydrogen) atoms. The van der Waals surface area contributed by atoms with Crippen molar-refractivity contribution in [2.75, 3.05) is 33.4 Å². The Morgan fingerprint density at radius 2 is 1.90 bits per heavy atom. The molecule has 2 aromatic rings. The summed E-state index contributed by atoms with van der Waals surface area (Å²) in [4.78, 5) is 12.1. The van der Waals surface area contributed by atoms with Gasteiger partial charge in [0.1, 0.15) is 23.1 Å². The minimum absolute atomic E-state index is 0.0127. The zero-order valence-electron chi connectivity index (χ0n) is 16.0. The zero-order valence-corrected chi connectivity index (χ0v) is 16.8. The SMILES string of the molecule is COc1ccc(CC(=O)OCc2ccccc2F)cc1S(=O)(=O)N1CCOCC1. The molecule has 1 saturated heterocycles. The molecule has 156 valence electrons. The van der Waals surface area contributed by atoms with Gasteiger partial charge in [-0.1, -0.05) is 24.3 Å². The number of morpholine rings is 1. The van der Waals surface area contributed by atoms with E-state index in [0.29, 0.717) is 18.8 Å². The summed E-state index contributed by atoms with van der Waals surface area (Å²) < 4.78 is 56.5. The topological polar surface area (TPSA) is 82.1 Å². The van der Waals surface area contributed by atoms with Crippen molar-refractivity contribution < 1.29 is 31.8 Å². The van der Waals surface area contributed by atoms with Gasteiger partial charge in [-0.05, 0) is 23.8 Å². The molecule has 1 heterocycles. The Kier molecular flexibility index (Phi) is 6.83. The third kappa shape index (κ3) is 5.11. The third-order valence-corrected chi connectivity index (χ3v) is 6.43. The van der Waals surface area contributed by atoms with Gasteiger partial charge >= 0.3 is 5.97 Å². The van der Waals surface area contributed by atoms with Gasteiger partial charge in [-0.2, -0.15) is 4.31 Å². The lowest BCUT2D eigenvalue weighted by Gasteiger charge is -2.26. The average Bonchev–Trinajstić information content (AvgIpc) is 2.74. The molecule has 0 bridgehead atoms. The molecule has 0 atom stereocenters. The lowest BCUT2D eigenvalue weighted by Crippen LogP contribution is -2.40. The van der Waals surface area contributed by atoms with Gasteiger partial charge < -0.3 is 14.2 Å². The molecule has 0 aliphatic carbocycles. The Morgan fingerprint density at radius 3 is 2.59 bits per heavy atom. The fourth-order valence-corrected chi connectivity index (χ4v) is 4.56. The van der Waals surface area contributed by atoms with Crippen molar-refractivity contribution in [2.24, 2.45) is 0 Å². The van der Waals surface area contributed by atoms with E-state index in [-0.39, 0.29) is 42.3 Å². The summed E-state index contributed by atoms with van der Waals surface area (Å²) in [7, 11) is -2.41. The van der Waals surface area contributed by atoms with Gasteiger partial charge in [0.15, 0.2) is 0 Å². The average molecular weight is 423 g/mol. The highest BCUT2D eigenvalue weighted by Crippen LogP contribution is 2.28. The van der Waals surface area contributed by atoms with Crippen molar-refractivity contribution in [3.8, 4) is 5.75 Å². The largest absolute Gasteiger partial charge is 0.495 e. The molecule has 0 N–H and O–H groups in total. The molecule has 0 aromatic heterocycles. The number of halogens is 1. The molecule has 0 unspecified atom stereocenters. The quantitative estimate of drug-likeness (QED) is 0.635. The maximum absolute atomic E-state index is 13.6. The molecular weight excluding hydrogens is 401 g/mol. The number of benzene rings is 2. The number of ether oxygens (including phenoxy) is 3. The summed E-state index contributed by atoms with van der Waals surface area (Å²) in [5, 5.41) is 0. The maximum atomic E-state index is 13.6. The van der Waals surface area contributed by atoms with Gasteiger partial charge in [0, 0.05) is 18.7 Å². The van der Waals surface area contributed by atoms with E-state index in [1.54, 1.807) is 18.2 Å². The van der Waals surface area contributed by atoms with Gasteiger partial charge in [0.2, 0.25) is 10.0 Å². The maximum Gasteiger partial charge on any atom is 0.310 e. The van der Waals surface area contributed by atoms with Gasteiger partial charge in [-0.15, -0.1) is 0 Å². The number of rotatable bonds is 7. The second-order valence-corrected chi connectivity index (χ2v) is 8.34. The van der Waals surface area contributed by atoms with Crippen LogP contribution >= 0.6 is 0 Å². The molecule has 0 saturated carbocycles. The van der Waals surface area contributed by atoms with E-state index in [1.807, 2.05) is 0 Å². The van der Waals surface area contributed by atoms with Crippen LogP contribution in [0.4, 0.5) is 4.39 Å². The van der Waals surface area contributed by atoms with E-state index < -0.39 is 21.8 Å². The molecule has 1 fully saturated rings. The van der Waals surface area contributed by atoms with E-state index >= 15 is 0 Å². The van der Waals surface area contributed by atoms with E-state index in [2.05, 4.69) is 0 Å². The standard InChI is InChI=1S/C20H22FNO6S/c1-26-18-7-6-15(12-19(18)29(24,25)22-8-10-27-11-9-22)13-20(23)28-14-16-4-2-3-5-17(16)21/h2-7,12H,8-11,13-14H2,1H3. The van der Waals surface area contributed by atoms with Crippen LogP contribution in [0.25, 0.3) is 0 Å². The first-order valence-electron chi connectivity index (χ1n) is 9.05. The van der Waals surface area contributed by atoms with Crippen LogP contribution in [0.15, 0.2) is 47.4 Å². The number of hydrogen-bond donors (Lipinski definition) is 0. The van der Waals surface area contributed by atoms with E-state index in [0.717, 1.165) is 0 Å². The molecule has 7 nitrogen and oxygen atoms in total. The molecule has 1 aliphatic rings. The number of methoxy groups -OCH3 is 1. The first kappa shape index (κ1) is 21.2. The second kappa shape index (κ2) is 9.34. The summed E-state index contributed by atoms with van der Waals surface area (Å²) in [6, 6.07) is 10.5. The molecule has 9 heteroatoms. The lowest BCUT2D eigenvalue weighted by molar-refractivity contribution is -0.144. The second-order valence-electron chi connectivity index (χ2n) is 6.43. The smallest absolute Gasteiger partial charge is 0.310 e. The summed E-state index contributed by atoms with van der Waals surface area (Å²) >= 11 is 0. The van der Waals surface area contributed by atoms with Gasteiger partial charge in [0.25, 0.3) is 0 Å². The van der Waals surface area contributed by atoms with E-state index in [1.165, 1.54) is 35.7 Å². The Morgan fingerprint density at radius 1 is 1.17 bits per heavy atom. The molecule has 3 rings (SSSR count). The fourth-order valence-electron chi connectivity index (χ4n) is 2.95. The first-order valence-corrected chi connectivity index (χ1v) is 10.5. The predicted octanol–water partition coefficient (Wildman–Crippen LogP) is 2.14. The minimum Gasteiger partial charge on any atom is -0.495 e. The highest BCUT2D eigenvalue weighted by molar-refractivity contribution is 7.89. The van der Waals surface area contributed by atoms with Crippen molar-refractivity contribution in [1.82, 2.24) is 4.31 Å². The highest BCUT2D eigenvalue weighted by atomic mass is 32.2. The molecular formula is C20H22FNO6S. The van der Waals surface area contributed by atoms with Crippen LogP contribution < -0.4 is 4.74 Å². The predicted molar refractivity (Wildman–Crippen MR) is 102 cm³/mol. The van der Waals surface area contributed by atoms with Crippen molar-refractivity contribution in [1.29, 1.82) is 0 Å². The van der Waals surface area contributed by atoms with E-state index in [9.17, 15) is 17.6 Å². The van der Waals surface area contributed by atoms with Crippen LogP contribution in [0.2, 0.25) is 0 Å². The number of esters is 1. The monoisotopic (exact) mass is 423 g/mol. The molecule has 0 spiro atoms. The van der Waals surface area contributed by atoms with Crippen LogP contribution in [0, 0.1) is 5.82 Å². The Balaban J connectivity index is 1.74. The molecule has 0 radical (unpaired) electrons. The van der Waals surface area contributed by atoms with Crippen LogP contribution in [0.1, 0.15) is 11.1 Å². The summed E-state index contributed by atoms with van der Waals surface area (Å²) in [5.41, 5.74) is 0.724. The van der Waals surface area contributed by atoms with Gasteiger partial charge in [-0.25, -0.2) is 12.8 Å². The Bertz CT molecular complexity index is 973. The highest BCUT2D eigenvalue weighted by Gasteiger charge is 2.29. The fraction of sp³-hybridized carbons (Fsp3) is 0.350. The Hall–Kier alpha value is -2.49. The summed E-state index contributed by atoms with van der Waals surface area (Å²) in [5.74, 6) is -0.850. The number of carbonyl (C=O) groups is 1. The van der Waals surface area contributed by atoms with Crippen LogP contribution in [0.3, 0.4) is 0 Å². The summed E-state index contributed by atoms with van der Waals surface area (Å²) in [6.07, 6.45) is -0.149. The van der Waals surface area contributed by atoms with Gasteiger partial charge in [0.05, 0.1) is 26.7 Å². The number of nitrogens with zero attached hydrogens (tertiary/aromatic N) is 1. The number of carbonyl (C=O) groups excluding carboxylic acids is 1. The third-order valence-electron chi connectivity index (χ3n) is 4.51. The zero-order chi connectivity index (χ0) is 20.9. The van der Waals surface area contributed by atoms with Gasteiger partial charge in [-0.3, -0.25) is 4.79 Å². The van der Waals surface area contributed by atoms with Crippen LogP contribution in [-0.2, 0) is 37.3 Å². The molecule has 2 aromatic carbocycles. The number of sulfonamides is 1. The lowest BCUT2D eigenvalue weighted by atomic mass is 10.1. The van der Waals surface area contributed by atoms with Crippen molar-refractivity contribution in [2.45, 2.75) is 17.9 Å². The minimum atomic E-state index is -3.80. The normalized spacial score (nSPS) is 15.1. The van der Waals surface area contributed by atoms with Crippen LogP contribution in [0.5, 0.6) is 5.75 Å². The Labute approximate surface area is 169 Å².